The average Bonchev–Trinajstić information content (AvgIpc) is 2.25. The number of aromatic nitrogens is 1. The third kappa shape index (κ3) is 3.20. The van der Waals surface area contributed by atoms with Gasteiger partial charge in [0.1, 0.15) is 5.75 Å². The van der Waals surface area contributed by atoms with Gasteiger partial charge in [-0.1, -0.05) is 15.9 Å². The first kappa shape index (κ1) is 12.9. The van der Waals surface area contributed by atoms with Crippen LogP contribution in [0.25, 0.3) is 0 Å². The highest BCUT2D eigenvalue weighted by Gasteiger charge is 2.08. The number of hydrogen-bond acceptors (Lipinski definition) is 3. The van der Waals surface area contributed by atoms with Crippen LogP contribution in [0.4, 0.5) is 5.69 Å². The molecule has 0 bridgehead atoms. The number of nitrogen functional groups attached to an aromatic ring is 1. The zero-order chi connectivity index (χ0) is 12.4. The highest BCUT2D eigenvalue weighted by Crippen LogP contribution is 2.34. The Balaban J connectivity index is 2.31. The molecule has 2 aromatic rings. The van der Waals surface area contributed by atoms with Crippen molar-refractivity contribution in [3.63, 3.8) is 0 Å². The SMILES string of the molecule is Nc1cnc(Oc2ccc(Br)cc2Br)c(Br)c1. The third-order valence-electron chi connectivity index (χ3n) is 1.93. The Morgan fingerprint density at radius 3 is 2.47 bits per heavy atom. The summed E-state index contributed by atoms with van der Waals surface area (Å²) in [6.07, 6.45) is 1.55. The van der Waals surface area contributed by atoms with Crippen molar-refractivity contribution in [2.24, 2.45) is 0 Å². The monoisotopic (exact) mass is 420 g/mol. The van der Waals surface area contributed by atoms with Gasteiger partial charge >= 0.3 is 0 Å². The Labute approximate surface area is 124 Å². The number of rotatable bonds is 2. The molecular weight excluding hydrogens is 416 g/mol. The lowest BCUT2D eigenvalue weighted by Gasteiger charge is -2.08. The van der Waals surface area contributed by atoms with Crippen LogP contribution in [0, 0.1) is 0 Å². The summed E-state index contributed by atoms with van der Waals surface area (Å²) in [5.74, 6) is 1.16. The number of nitrogens with zero attached hydrogens (tertiary/aromatic N) is 1. The van der Waals surface area contributed by atoms with E-state index in [1.165, 1.54) is 0 Å². The number of anilines is 1. The predicted molar refractivity (Wildman–Crippen MR) is 78.3 cm³/mol. The lowest BCUT2D eigenvalue weighted by Crippen LogP contribution is -1.92. The fourth-order valence-corrected chi connectivity index (χ4v) is 2.75. The van der Waals surface area contributed by atoms with E-state index in [-0.39, 0.29) is 0 Å². The molecule has 0 saturated carbocycles. The lowest BCUT2D eigenvalue weighted by molar-refractivity contribution is 0.457. The second kappa shape index (κ2) is 5.37. The summed E-state index contributed by atoms with van der Waals surface area (Å²) < 4.78 is 8.20. The van der Waals surface area contributed by atoms with Crippen LogP contribution in [0.5, 0.6) is 11.6 Å². The average molecular weight is 423 g/mol. The van der Waals surface area contributed by atoms with Gasteiger partial charge in [-0.05, 0) is 56.1 Å². The molecule has 6 heteroatoms. The molecule has 0 amide bonds. The molecule has 0 fully saturated rings. The highest BCUT2D eigenvalue weighted by molar-refractivity contribution is 9.11. The highest BCUT2D eigenvalue weighted by atomic mass is 79.9. The summed E-state index contributed by atoms with van der Waals surface area (Å²) in [6.45, 7) is 0. The van der Waals surface area contributed by atoms with Gasteiger partial charge in [0, 0.05) is 4.47 Å². The topological polar surface area (TPSA) is 48.1 Å². The Morgan fingerprint density at radius 1 is 1.06 bits per heavy atom. The molecule has 0 aliphatic heterocycles. The van der Waals surface area contributed by atoms with Gasteiger partial charge < -0.3 is 10.5 Å². The van der Waals surface area contributed by atoms with Crippen molar-refractivity contribution in [1.29, 1.82) is 0 Å². The molecular formula is C11H7Br3N2O. The van der Waals surface area contributed by atoms with E-state index in [1.807, 2.05) is 18.2 Å². The van der Waals surface area contributed by atoms with Crippen molar-refractivity contribution in [2.45, 2.75) is 0 Å². The second-order valence-electron chi connectivity index (χ2n) is 3.23. The number of benzene rings is 1. The Hall–Kier alpha value is -0.590. The molecule has 0 spiro atoms. The Morgan fingerprint density at radius 2 is 1.82 bits per heavy atom. The first-order chi connectivity index (χ1) is 8.06. The summed E-state index contributed by atoms with van der Waals surface area (Å²) in [6, 6.07) is 7.39. The van der Waals surface area contributed by atoms with Crippen LogP contribution in [-0.2, 0) is 0 Å². The maximum atomic E-state index is 5.67. The van der Waals surface area contributed by atoms with Gasteiger partial charge in [-0.3, -0.25) is 0 Å². The van der Waals surface area contributed by atoms with E-state index in [0.717, 1.165) is 8.95 Å². The quantitative estimate of drug-likeness (QED) is 0.760. The zero-order valence-electron chi connectivity index (χ0n) is 8.45. The molecule has 1 aromatic carbocycles. The normalized spacial score (nSPS) is 10.3. The van der Waals surface area contributed by atoms with E-state index >= 15 is 0 Å². The maximum Gasteiger partial charge on any atom is 0.233 e. The summed E-state index contributed by atoms with van der Waals surface area (Å²) in [4.78, 5) is 4.11. The van der Waals surface area contributed by atoms with Crippen molar-refractivity contribution in [1.82, 2.24) is 4.98 Å². The van der Waals surface area contributed by atoms with Crippen LogP contribution < -0.4 is 10.5 Å². The maximum absolute atomic E-state index is 5.67. The molecule has 0 aliphatic rings. The van der Waals surface area contributed by atoms with Gasteiger partial charge in [-0.2, -0.15) is 0 Å². The van der Waals surface area contributed by atoms with Crippen LogP contribution in [0.3, 0.4) is 0 Å². The molecule has 2 rings (SSSR count). The van der Waals surface area contributed by atoms with Crippen molar-refractivity contribution < 1.29 is 4.74 Å². The minimum absolute atomic E-state index is 0.474. The lowest BCUT2D eigenvalue weighted by atomic mass is 10.3. The van der Waals surface area contributed by atoms with E-state index in [4.69, 9.17) is 10.5 Å². The summed E-state index contributed by atoms with van der Waals surface area (Å²) in [5, 5.41) is 0. The molecule has 1 heterocycles. The molecule has 1 aromatic heterocycles. The smallest absolute Gasteiger partial charge is 0.233 e. The number of ether oxygens (including phenoxy) is 1. The second-order valence-corrected chi connectivity index (χ2v) is 5.86. The fraction of sp³-hybridized carbons (Fsp3) is 0. The molecule has 0 saturated heterocycles. The van der Waals surface area contributed by atoms with Gasteiger partial charge in [0.15, 0.2) is 0 Å². The molecule has 0 unspecified atom stereocenters. The summed E-state index contributed by atoms with van der Waals surface area (Å²) in [5.41, 5.74) is 6.19. The molecule has 0 aliphatic carbocycles. The van der Waals surface area contributed by atoms with Crippen molar-refractivity contribution in [3.8, 4) is 11.6 Å². The van der Waals surface area contributed by atoms with Crippen molar-refractivity contribution >= 4 is 53.5 Å². The molecule has 0 atom stereocenters. The Bertz CT molecular complexity index is 511. The van der Waals surface area contributed by atoms with E-state index < -0.39 is 0 Å². The Kier molecular flexibility index (Phi) is 4.06. The van der Waals surface area contributed by atoms with Gasteiger partial charge in [0.2, 0.25) is 5.88 Å². The zero-order valence-corrected chi connectivity index (χ0v) is 13.2. The van der Waals surface area contributed by atoms with Crippen molar-refractivity contribution in [3.05, 3.63) is 43.9 Å². The largest absolute Gasteiger partial charge is 0.437 e. The van der Waals surface area contributed by atoms with Gasteiger partial charge in [0.05, 0.1) is 20.8 Å². The van der Waals surface area contributed by atoms with E-state index in [9.17, 15) is 0 Å². The minimum atomic E-state index is 0.474. The standard InChI is InChI=1S/C11H7Br3N2O/c12-6-1-2-10(8(13)3-6)17-11-9(14)4-7(15)5-16-11/h1-5H,15H2. The van der Waals surface area contributed by atoms with Gasteiger partial charge in [-0.15, -0.1) is 0 Å². The minimum Gasteiger partial charge on any atom is -0.437 e. The van der Waals surface area contributed by atoms with Crippen LogP contribution in [0.1, 0.15) is 0 Å². The molecule has 3 nitrogen and oxygen atoms in total. The number of halogens is 3. The number of hydrogen-bond donors (Lipinski definition) is 1. The first-order valence-corrected chi connectivity index (χ1v) is 6.98. The predicted octanol–water partition coefficient (Wildman–Crippen LogP) is 4.74. The number of nitrogens with two attached hydrogens (primary N) is 1. The summed E-state index contributed by atoms with van der Waals surface area (Å²) >= 11 is 10.2. The fourth-order valence-electron chi connectivity index (χ4n) is 1.18. The van der Waals surface area contributed by atoms with E-state index in [0.29, 0.717) is 21.8 Å². The van der Waals surface area contributed by atoms with Crippen LogP contribution in [0.15, 0.2) is 43.9 Å². The van der Waals surface area contributed by atoms with Gasteiger partial charge in [-0.25, -0.2) is 4.98 Å². The molecule has 0 radical (unpaired) electrons. The third-order valence-corrected chi connectivity index (χ3v) is 3.61. The first-order valence-electron chi connectivity index (χ1n) is 4.60. The van der Waals surface area contributed by atoms with E-state index in [2.05, 4.69) is 52.8 Å². The van der Waals surface area contributed by atoms with Crippen LogP contribution in [-0.4, -0.2) is 4.98 Å². The number of pyridine rings is 1. The van der Waals surface area contributed by atoms with Crippen LogP contribution in [0.2, 0.25) is 0 Å². The van der Waals surface area contributed by atoms with Crippen molar-refractivity contribution in [2.75, 3.05) is 5.73 Å². The molecule has 17 heavy (non-hydrogen) atoms. The molecule has 88 valence electrons. The van der Waals surface area contributed by atoms with E-state index in [1.54, 1.807) is 12.3 Å². The summed E-state index contributed by atoms with van der Waals surface area (Å²) in [7, 11) is 0. The molecule has 2 N–H and O–H groups in total. The van der Waals surface area contributed by atoms with Gasteiger partial charge in [0.25, 0.3) is 0 Å². The van der Waals surface area contributed by atoms with Crippen LogP contribution >= 0.6 is 47.8 Å².